The van der Waals surface area contributed by atoms with Crippen LogP contribution in [-0.2, 0) is 10.0 Å². The number of hydrogen-bond donors (Lipinski definition) is 1. The van der Waals surface area contributed by atoms with Gasteiger partial charge in [0.05, 0.1) is 0 Å². The van der Waals surface area contributed by atoms with Crippen LogP contribution in [0.5, 0.6) is 0 Å². The molecule has 0 aliphatic heterocycles. The topological polar surface area (TPSA) is 70.0 Å². The van der Waals surface area contributed by atoms with E-state index in [0.29, 0.717) is 5.02 Å². The van der Waals surface area contributed by atoms with Gasteiger partial charge in [0, 0.05) is 10.7 Å². The first-order chi connectivity index (χ1) is 9.44. The fourth-order valence-corrected chi connectivity index (χ4v) is 2.92. The molecule has 2 aromatic rings. The summed E-state index contributed by atoms with van der Waals surface area (Å²) in [6.45, 7) is 0. The summed E-state index contributed by atoms with van der Waals surface area (Å²) in [5.74, 6) is -0.883. The van der Waals surface area contributed by atoms with Gasteiger partial charge >= 0.3 is 0 Å². The van der Waals surface area contributed by atoms with Crippen molar-refractivity contribution in [1.82, 2.24) is 0 Å². The normalized spacial score (nSPS) is 10.8. The minimum atomic E-state index is -4.05. The summed E-state index contributed by atoms with van der Waals surface area (Å²) in [5.41, 5.74) is -0.253. The van der Waals surface area contributed by atoms with Crippen molar-refractivity contribution in [2.45, 2.75) is 4.90 Å². The molecule has 7 heteroatoms. The van der Waals surface area contributed by atoms with Crippen LogP contribution in [-0.4, -0.2) is 8.42 Å². The van der Waals surface area contributed by atoms with Gasteiger partial charge in [-0.25, -0.2) is 12.8 Å². The van der Waals surface area contributed by atoms with Crippen molar-refractivity contribution in [3.8, 4) is 6.07 Å². The van der Waals surface area contributed by atoms with Crippen LogP contribution in [0.15, 0.2) is 47.4 Å². The molecule has 0 aromatic heterocycles. The first-order valence-electron chi connectivity index (χ1n) is 5.41. The molecule has 4 nitrogen and oxygen atoms in total. The number of nitrogens with zero attached hydrogens (tertiary/aromatic N) is 1. The zero-order chi connectivity index (χ0) is 14.8. The van der Waals surface area contributed by atoms with Crippen LogP contribution in [0.25, 0.3) is 0 Å². The zero-order valence-corrected chi connectivity index (χ0v) is 11.5. The second-order valence-electron chi connectivity index (χ2n) is 3.84. The molecule has 0 saturated carbocycles. The van der Waals surface area contributed by atoms with E-state index in [2.05, 4.69) is 4.72 Å². The quantitative estimate of drug-likeness (QED) is 0.946. The summed E-state index contributed by atoms with van der Waals surface area (Å²) in [6, 6.07) is 10.9. The Balaban J connectivity index is 2.44. The van der Waals surface area contributed by atoms with E-state index in [1.165, 1.54) is 36.4 Å². The van der Waals surface area contributed by atoms with Crippen LogP contribution in [0, 0.1) is 17.1 Å². The number of hydrogen-bond acceptors (Lipinski definition) is 3. The zero-order valence-electron chi connectivity index (χ0n) is 9.97. The molecule has 0 fully saturated rings. The average Bonchev–Trinajstić information content (AvgIpc) is 2.41. The number of nitrogens with one attached hydrogen (secondary N) is 1. The summed E-state index contributed by atoms with van der Waals surface area (Å²) in [6.07, 6.45) is 0. The molecule has 0 saturated heterocycles. The first kappa shape index (κ1) is 14.3. The molecule has 20 heavy (non-hydrogen) atoms. The van der Waals surface area contributed by atoms with Gasteiger partial charge in [-0.1, -0.05) is 17.7 Å². The van der Waals surface area contributed by atoms with E-state index < -0.39 is 26.3 Å². The van der Waals surface area contributed by atoms with Gasteiger partial charge in [0.1, 0.15) is 22.3 Å². The minimum absolute atomic E-state index is 0.266. The van der Waals surface area contributed by atoms with E-state index in [9.17, 15) is 12.8 Å². The van der Waals surface area contributed by atoms with Crippen LogP contribution < -0.4 is 4.72 Å². The first-order valence-corrected chi connectivity index (χ1v) is 7.27. The molecule has 0 bridgehead atoms. The van der Waals surface area contributed by atoms with E-state index in [0.717, 1.165) is 6.07 Å². The van der Waals surface area contributed by atoms with Gasteiger partial charge in [-0.3, -0.25) is 4.72 Å². The molecule has 102 valence electrons. The van der Waals surface area contributed by atoms with Crippen LogP contribution in [0.3, 0.4) is 0 Å². The molecule has 2 aromatic carbocycles. The monoisotopic (exact) mass is 310 g/mol. The van der Waals surface area contributed by atoms with E-state index in [1.54, 1.807) is 6.07 Å². The minimum Gasteiger partial charge on any atom is -0.280 e. The molecule has 0 radical (unpaired) electrons. The van der Waals surface area contributed by atoms with Crippen molar-refractivity contribution < 1.29 is 12.8 Å². The van der Waals surface area contributed by atoms with Gasteiger partial charge in [0.2, 0.25) is 0 Å². The van der Waals surface area contributed by atoms with Gasteiger partial charge in [0.25, 0.3) is 10.0 Å². The highest BCUT2D eigenvalue weighted by Crippen LogP contribution is 2.22. The standard InChI is InChI=1S/C13H8ClFN2O2S/c14-9-4-6-10(7-5-9)17-20(18,19)13-3-1-2-12(15)11(13)8-16/h1-7,17H. The Morgan fingerprint density at radius 1 is 1.15 bits per heavy atom. The predicted octanol–water partition coefficient (Wildman–Crippen LogP) is 3.15. The molecule has 0 aliphatic carbocycles. The lowest BCUT2D eigenvalue weighted by atomic mass is 10.2. The summed E-state index contributed by atoms with van der Waals surface area (Å²) in [5, 5.41) is 9.32. The van der Waals surface area contributed by atoms with Gasteiger partial charge < -0.3 is 0 Å². The lowest BCUT2D eigenvalue weighted by Gasteiger charge is -2.09. The predicted molar refractivity (Wildman–Crippen MR) is 73.4 cm³/mol. The average molecular weight is 311 g/mol. The fraction of sp³-hybridized carbons (Fsp3) is 0. The van der Waals surface area contributed by atoms with E-state index >= 15 is 0 Å². The van der Waals surface area contributed by atoms with Crippen molar-refractivity contribution in [2.75, 3.05) is 4.72 Å². The molecule has 1 N–H and O–H groups in total. The van der Waals surface area contributed by atoms with Crippen LogP contribution in [0.1, 0.15) is 5.56 Å². The highest BCUT2D eigenvalue weighted by Gasteiger charge is 2.21. The smallest absolute Gasteiger partial charge is 0.263 e. The molecule has 2 rings (SSSR count). The number of nitriles is 1. The molecule has 0 spiro atoms. The maximum absolute atomic E-state index is 13.4. The van der Waals surface area contributed by atoms with Crippen molar-refractivity contribution in [2.24, 2.45) is 0 Å². The Labute approximate surface area is 120 Å². The maximum atomic E-state index is 13.4. The Hall–Kier alpha value is -2.10. The van der Waals surface area contributed by atoms with Gasteiger partial charge in [0.15, 0.2) is 0 Å². The Bertz CT molecular complexity index is 783. The van der Waals surface area contributed by atoms with E-state index in [4.69, 9.17) is 16.9 Å². The lowest BCUT2D eigenvalue weighted by molar-refractivity contribution is 0.593. The third kappa shape index (κ3) is 2.90. The summed E-state index contributed by atoms with van der Waals surface area (Å²) >= 11 is 5.70. The molecular weight excluding hydrogens is 303 g/mol. The summed E-state index contributed by atoms with van der Waals surface area (Å²) in [4.78, 5) is -0.407. The summed E-state index contributed by atoms with van der Waals surface area (Å²) < 4.78 is 40.0. The molecule has 0 heterocycles. The number of anilines is 1. The van der Waals surface area contributed by atoms with E-state index in [-0.39, 0.29) is 5.69 Å². The van der Waals surface area contributed by atoms with Crippen molar-refractivity contribution in [1.29, 1.82) is 5.26 Å². The number of halogens is 2. The van der Waals surface area contributed by atoms with Gasteiger partial charge in [-0.2, -0.15) is 5.26 Å². The van der Waals surface area contributed by atoms with Gasteiger partial charge in [-0.15, -0.1) is 0 Å². The van der Waals surface area contributed by atoms with Crippen molar-refractivity contribution in [3.63, 3.8) is 0 Å². The largest absolute Gasteiger partial charge is 0.280 e. The van der Waals surface area contributed by atoms with Crippen molar-refractivity contribution >= 4 is 27.3 Å². The van der Waals surface area contributed by atoms with Gasteiger partial charge in [-0.05, 0) is 36.4 Å². The fourth-order valence-electron chi connectivity index (χ4n) is 1.56. The van der Waals surface area contributed by atoms with Crippen LogP contribution in [0.2, 0.25) is 5.02 Å². The van der Waals surface area contributed by atoms with Crippen molar-refractivity contribution in [3.05, 3.63) is 58.9 Å². The molecule has 0 aliphatic rings. The highest BCUT2D eigenvalue weighted by atomic mass is 35.5. The lowest BCUT2D eigenvalue weighted by Crippen LogP contribution is -2.15. The maximum Gasteiger partial charge on any atom is 0.263 e. The Kier molecular flexibility index (Phi) is 3.93. The second-order valence-corrected chi connectivity index (χ2v) is 5.92. The third-order valence-corrected chi connectivity index (χ3v) is 4.15. The Morgan fingerprint density at radius 3 is 2.40 bits per heavy atom. The Morgan fingerprint density at radius 2 is 1.80 bits per heavy atom. The van der Waals surface area contributed by atoms with Crippen LogP contribution in [0.4, 0.5) is 10.1 Å². The highest BCUT2D eigenvalue weighted by molar-refractivity contribution is 7.92. The molecule has 0 unspecified atom stereocenters. The molecule has 0 amide bonds. The number of rotatable bonds is 3. The third-order valence-electron chi connectivity index (χ3n) is 2.47. The SMILES string of the molecule is N#Cc1c(F)cccc1S(=O)(=O)Nc1ccc(Cl)cc1. The number of sulfonamides is 1. The molecular formula is C13H8ClFN2O2S. The van der Waals surface area contributed by atoms with E-state index in [1.807, 2.05) is 0 Å². The number of benzene rings is 2. The second kappa shape index (κ2) is 5.49. The summed E-state index contributed by atoms with van der Waals surface area (Å²) in [7, 11) is -4.05. The van der Waals surface area contributed by atoms with Crippen LogP contribution >= 0.6 is 11.6 Å². The molecule has 0 atom stereocenters.